The van der Waals surface area contributed by atoms with Crippen LogP contribution >= 0.6 is 0 Å². The number of aromatic nitrogens is 1. The van der Waals surface area contributed by atoms with Crippen molar-refractivity contribution in [2.24, 2.45) is 11.3 Å². The van der Waals surface area contributed by atoms with Crippen molar-refractivity contribution in [3.05, 3.63) is 18.2 Å². The van der Waals surface area contributed by atoms with E-state index in [0.717, 1.165) is 37.1 Å². The van der Waals surface area contributed by atoms with Crippen molar-refractivity contribution >= 4 is 11.6 Å². The van der Waals surface area contributed by atoms with Gasteiger partial charge in [-0.15, -0.1) is 0 Å². The minimum atomic E-state index is 0.522. The van der Waals surface area contributed by atoms with Crippen LogP contribution in [0.5, 0.6) is 0 Å². The molecule has 0 saturated heterocycles. The van der Waals surface area contributed by atoms with E-state index in [-0.39, 0.29) is 0 Å². The molecule has 2 rings (SSSR count). The van der Waals surface area contributed by atoms with Crippen molar-refractivity contribution in [3.8, 4) is 0 Å². The van der Waals surface area contributed by atoms with Gasteiger partial charge in [0.15, 0.2) is 0 Å². The molecule has 0 spiro atoms. The van der Waals surface area contributed by atoms with Crippen LogP contribution in [0.2, 0.25) is 0 Å². The molecule has 0 amide bonds. The Labute approximate surface area is 110 Å². The smallest absolute Gasteiger partial charge is 0.128 e. The van der Waals surface area contributed by atoms with Crippen molar-refractivity contribution in [1.82, 2.24) is 4.98 Å². The molecule has 1 aliphatic rings. The van der Waals surface area contributed by atoms with Crippen LogP contribution in [0.25, 0.3) is 0 Å². The molecular weight excluding hydrogens is 222 g/mol. The van der Waals surface area contributed by atoms with E-state index in [2.05, 4.69) is 42.5 Å². The lowest BCUT2D eigenvalue weighted by Gasteiger charge is -2.20. The first-order valence-corrected chi connectivity index (χ1v) is 7.11. The summed E-state index contributed by atoms with van der Waals surface area (Å²) in [5.74, 6) is 2.71. The van der Waals surface area contributed by atoms with E-state index < -0.39 is 0 Å². The Morgan fingerprint density at radius 2 is 1.89 bits per heavy atom. The molecule has 0 atom stereocenters. The van der Waals surface area contributed by atoms with Gasteiger partial charge in [0.1, 0.15) is 11.6 Å². The Hall–Kier alpha value is -1.25. The highest BCUT2D eigenvalue weighted by Crippen LogP contribution is 2.51. The van der Waals surface area contributed by atoms with Crippen LogP contribution < -0.4 is 10.6 Å². The lowest BCUT2D eigenvalue weighted by molar-refractivity contribution is 0.380. The number of hydrogen-bond acceptors (Lipinski definition) is 3. The summed E-state index contributed by atoms with van der Waals surface area (Å²) in [7, 11) is 0. The molecule has 1 aromatic heterocycles. The quantitative estimate of drug-likeness (QED) is 0.770. The fourth-order valence-electron chi connectivity index (χ4n) is 2.27. The Bertz CT molecular complexity index is 383. The number of anilines is 2. The average molecular weight is 247 g/mol. The van der Waals surface area contributed by atoms with Crippen LogP contribution in [0, 0.1) is 11.3 Å². The molecule has 3 heteroatoms. The third kappa shape index (κ3) is 3.15. The summed E-state index contributed by atoms with van der Waals surface area (Å²) in [6, 6.07) is 6.13. The van der Waals surface area contributed by atoms with E-state index >= 15 is 0 Å². The molecule has 1 aromatic rings. The minimum absolute atomic E-state index is 0.522. The molecule has 1 heterocycles. The van der Waals surface area contributed by atoms with Gasteiger partial charge < -0.3 is 10.6 Å². The molecular formula is C15H25N3. The van der Waals surface area contributed by atoms with E-state index in [1.165, 1.54) is 12.8 Å². The predicted octanol–water partition coefficient (Wildman–Crippen LogP) is 3.75. The van der Waals surface area contributed by atoms with E-state index in [1.54, 1.807) is 0 Å². The summed E-state index contributed by atoms with van der Waals surface area (Å²) in [6.45, 7) is 8.83. The molecule has 2 N–H and O–H groups in total. The second-order valence-electron chi connectivity index (χ2n) is 5.71. The van der Waals surface area contributed by atoms with Gasteiger partial charge in [-0.1, -0.05) is 26.8 Å². The van der Waals surface area contributed by atoms with Gasteiger partial charge in [0.05, 0.1) is 0 Å². The fourth-order valence-corrected chi connectivity index (χ4v) is 2.27. The fraction of sp³-hybridized carbons (Fsp3) is 0.667. The maximum absolute atomic E-state index is 4.58. The Morgan fingerprint density at radius 1 is 1.22 bits per heavy atom. The third-order valence-corrected chi connectivity index (χ3v) is 4.04. The third-order valence-electron chi connectivity index (χ3n) is 4.04. The van der Waals surface area contributed by atoms with Gasteiger partial charge in [0, 0.05) is 13.1 Å². The molecule has 1 saturated carbocycles. The summed E-state index contributed by atoms with van der Waals surface area (Å²) in [5.41, 5.74) is 0.522. The molecule has 1 aliphatic carbocycles. The van der Waals surface area contributed by atoms with Gasteiger partial charge in [-0.3, -0.25) is 0 Å². The van der Waals surface area contributed by atoms with Gasteiger partial charge in [0.2, 0.25) is 0 Å². The Morgan fingerprint density at radius 3 is 2.44 bits per heavy atom. The van der Waals surface area contributed by atoms with E-state index in [9.17, 15) is 0 Å². The molecule has 18 heavy (non-hydrogen) atoms. The molecule has 0 aromatic carbocycles. The predicted molar refractivity (Wildman–Crippen MR) is 78.0 cm³/mol. The van der Waals surface area contributed by atoms with Crippen molar-refractivity contribution in [3.63, 3.8) is 0 Å². The number of pyridine rings is 1. The number of hydrogen-bond donors (Lipinski definition) is 2. The first-order chi connectivity index (χ1) is 8.66. The SMILES string of the molecule is CCCNc1cccc(NCC2(C(C)C)CC2)n1. The number of nitrogens with one attached hydrogen (secondary N) is 2. The van der Waals surface area contributed by atoms with Crippen LogP contribution in [0.4, 0.5) is 11.6 Å². The van der Waals surface area contributed by atoms with Crippen molar-refractivity contribution < 1.29 is 0 Å². The monoisotopic (exact) mass is 247 g/mol. The summed E-state index contributed by atoms with van der Waals surface area (Å²) in [4.78, 5) is 4.58. The highest BCUT2D eigenvalue weighted by molar-refractivity contribution is 5.45. The molecule has 0 aliphatic heterocycles. The molecule has 3 nitrogen and oxygen atoms in total. The van der Waals surface area contributed by atoms with Crippen LogP contribution in [0.1, 0.15) is 40.0 Å². The summed E-state index contributed by atoms with van der Waals surface area (Å²) >= 11 is 0. The molecule has 0 bridgehead atoms. The lowest BCUT2D eigenvalue weighted by atomic mass is 9.92. The largest absolute Gasteiger partial charge is 0.370 e. The molecule has 0 radical (unpaired) electrons. The molecule has 100 valence electrons. The first kappa shape index (κ1) is 13.2. The maximum atomic E-state index is 4.58. The highest BCUT2D eigenvalue weighted by Gasteiger charge is 2.44. The zero-order valence-corrected chi connectivity index (χ0v) is 11.8. The average Bonchev–Trinajstić information content (AvgIpc) is 3.16. The summed E-state index contributed by atoms with van der Waals surface area (Å²) in [5, 5.41) is 6.81. The van der Waals surface area contributed by atoms with Gasteiger partial charge in [-0.05, 0) is 42.7 Å². The summed E-state index contributed by atoms with van der Waals surface area (Å²) < 4.78 is 0. The van der Waals surface area contributed by atoms with E-state index in [4.69, 9.17) is 0 Å². The maximum Gasteiger partial charge on any atom is 0.128 e. The van der Waals surface area contributed by atoms with Gasteiger partial charge in [-0.25, -0.2) is 4.98 Å². The van der Waals surface area contributed by atoms with Gasteiger partial charge >= 0.3 is 0 Å². The number of rotatable bonds is 7. The van der Waals surface area contributed by atoms with Crippen LogP contribution in [-0.4, -0.2) is 18.1 Å². The van der Waals surface area contributed by atoms with Gasteiger partial charge in [-0.2, -0.15) is 0 Å². The van der Waals surface area contributed by atoms with Crippen molar-refractivity contribution in [2.75, 3.05) is 23.7 Å². The zero-order chi connectivity index (χ0) is 13.0. The van der Waals surface area contributed by atoms with E-state index in [1.807, 2.05) is 12.1 Å². The van der Waals surface area contributed by atoms with Crippen LogP contribution in [0.3, 0.4) is 0 Å². The second kappa shape index (κ2) is 5.59. The van der Waals surface area contributed by atoms with Gasteiger partial charge in [0.25, 0.3) is 0 Å². The second-order valence-corrected chi connectivity index (χ2v) is 5.71. The molecule has 0 unspecified atom stereocenters. The first-order valence-electron chi connectivity index (χ1n) is 7.11. The van der Waals surface area contributed by atoms with Crippen molar-refractivity contribution in [2.45, 2.75) is 40.0 Å². The Balaban J connectivity index is 1.89. The lowest BCUT2D eigenvalue weighted by Crippen LogP contribution is -2.21. The van der Waals surface area contributed by atoms with Crippen molar-refractivity contribution in [1.29, 1.82) is 0 Å². The topological polar surface area (TPSA) is 37.0 Å². The standard InChI is InChI=1S/C15H25N3/c1-4-10-16-13-6-5-7-14(18-13)17-11-15(8-9-15)12(2)3/h5-7,12H,4,8-11H2,1-3H3,(H2,16,17,18). The van der Waals surface area contributed by atoms with Crippen LogP contribution in [-0.2, 0) is 0 Å². The number of nitrogens with zero attached hydrogens (tertiary/aromatic N) is 1. The Kier molecular flexibility index (Phi) is 4.10. The van der Waals surface area contributed by atoms with E-state index in [0.29, 0.717) is 5.41 Å². The normalized spacial score (nSPS) is 16.7. The zero-order valence-electron chi connectivity index (χ0n) is 11.8. The van der Waals surface area contributed by atoms with Crippen LogP contribution in [0.15, 0.2) is 18.2 Å². The minimum Gasteiger partial charge on any atom is -0.370 e. The highest BCUT2D eigenvalue weighted by atomic mass is 15.1. The summed E-state index contributed by atoms with van der Waals surface area (Å²) in [6.07, 6.45) is 3.83. The molecule has 1 fully saturated rings.